The summed E-state index contributed by atoms with van der Waals surface area (Å²) in [5, 5.41) is 7.80. The van der Waals surface area contributed by atoms with E-state index in [2.05, 4.69) is 15.8 Å². The number of hydrazone groups is 1. The van der Waals surface area contributed by atoms with Crippen molar-refractivity contribution in [2.45, 2.75) is 19.3 Å². The molecule has 0 saturated heterocycles. The van der Waals surface area contributed by atoms with Crippen LogP contribution in [0.25, 0.3) is 0 Å². The average Bonchev–Trinajstić information content (AvgIpc) is 3.59. The van der Waals surface area contributed by atoms with E-state index in [-0.39, 0.29) is 28.7 Å². The quantitative estimate of drug-likeness (QED) is 0.351. The summed E-state index contributed by atoms with van der Waals surface area (Å²) in [5.41, 5.74) is 6.33. The van der Waals surface area contributed by atoms with Gasteiger partial charge in [0.15, 0.2) is 0 Å². The molecule has 2 unspecified atom stereocenters. The zero-order valence-electron chi connectivity index (χ0n) is 17.3. The number of anilines is 1. The van der Waals surface area contributed by atoms with E-state index in [9.17, 15) is 9.59 Å². The van der Waals surface area contributed by atoms with Crippen molar-refractivity contribution in [2.24, 2.45) is 11.0 Å². The highest BCUT2D eigenvalue weighted by molar-refractivity contribution is 6.37. The number of nitrogens with zero attached hydrogens (tertiary/aromatic N) is 1. The summed E-state index contributed by atoms with van der Waals surface area (Å²) in [6, 6.07) is 22.0. The summed E-state index contributed by atoms with van der Waals surface area (Å²) < 4.78 is 0. The molecule has 0 aromatic heterocycles. The Morgan fingerprint density at radius 3 is 2.38 bits per heavy atom. The number of hydrogen-bond acceptors (Lipinski definition) is 3. The molecular formula is C25H21Cl2N3O2. The van der Waals surface area contributed by atoms with Crippen LogP contribution in [0.2, 0.25) is 10.0 Å². The lowest BCUT2D eigenvalue weighted by Gasteiger charge is -2.08. The summed E-state index contributed by atoms with van der Waals surface area (Å²) in [4.78, 5) is 24.8. The highest BCUT2D eigenvalue weighted by Gasteiger charge is 2.43. The molecule has 1 aliphatic rings. The van der Waals surface area contributed by atoms with Crippen LogP contribution in [0, 0.1) is 5.92 Å². The number of carbonyl (C=O) groups excluding carboxylic acids is 2. The molecule has 2 amide bonds. The normalized spacial score (nSPS) is 17.5. The van der Waals surface area contributed by atoms with Gasteiger partial charge >= 0.3 is 0 Å². The fourth-order valence-electron chi connectivity index (χ4n) is 3.51. The summed E-state index contributed by atoms with van der Waals surface area (Å²) in [7, 11) is 0. The smallest absolute Gasteiger partial charge is 0.257 e. The largest absolute Gasteiger partial charge is 0.322 e. The van der Waals surface area contributed by atoms with Gasteiger partial charge < -0.3 is 5.32 Å². The molecule has 3 aromatic carbocycles. The zero-order valence-corrected chi connectivity index (χ0v) is 18.8. The van der Waals surface area contributed by atoms with Crippen molar-refractivity contribution < 1.29 is 9.59 Å². The maximum Gasteiger partial charge on any atom is 0.257 e. The van der Waals surface area contributed by atoms with Crippen molar-refractivity contribution in [3.05, 3.63) is 99.5 Å². The molecule has 2 atom stereocenters. The predicted octanol–water partition coefficient (Wildman–Crippen LogP) is 5.89. The van der Waals surface area contributed by atoms with E-state index in [0.717, 1.165) is 12.0 Å². The fraction of sp³-hybridized carbons (Fsp3) is 0.160. The lowest BCUT2D eigenvalue weighted by molar-refractivity contribution is -0.122. The van der Waals surface area contributed by atoms with Crippen molar-refractivity contribution >= 4 is 46.4 Å². The van der Waals surface area contributed by atoms with Gasteiger partial charge in [0.1, 0.15) is 0 Å². The van der Waals surface area contributed by atoms with Gasteiger partial charge in [-0.15, -0.1) is 0 Å². The number of nitrogens with one attached hydrogen (secondary N) is 2. The molecule has 0 heterocycles. The average molecular weight is 466 g/mol. The number of rotatable bonds is 6. The third kappa shape index (κ3) is 5.18. The summed E-state index contributed by atoms with van der Waals surface area (Å²) in [6.45, 7) is 1.82. The Hall–Kier alpha value is -3.15. The molecule has 0 bridgehead atoms. The maximum atomic E-state index is 12.4. The molecule has 1 saturated carbocycles. The van der Waals surface area contributed by atoms with Crippen molar-refractivity contribution in [1.82, 2.24) is 5.43 Å². The second-order valence-corrected chi connectivity index (χ2v) is 8.53. The van der Waals surface area contributed by atoms with E-state index < -0.39 is 0 Å². The Kier molecular flexibility index (Phi) is 6.58. The van der Waals surface area contributed by atoms with E-state index in [1.54, 1.807) is 24.3 Å². The first-order valence-corrected chi connectivity index (χ1v) is 10.9. The molecule has 3 aromatic rings. The van der Waals surface area contributed by atoms with Crippen LogP contribution in [0.1, 0.15) is 40.7 Å². The molecule has 0 radical (unpaired) electrons. The van der Waals surface area contributed by atoms with Crippen molar-refractivity contribution in [3.8, 4) is 0 Å². The van der Waals surface area contributed by atoms with Crippen LogP contribution >= 0.6 is 23.2 Å². The number of amides is 2. The highest BCUT2D eigenvalue weighted by atomic mass is 35.5. The van der Waals surface area contributed by atoms with Gasteiger partial charge in [0.05, 0.1) is 16.3 Å². The van der Waals surface area contributed by atoms with Gasteiger partial charge in [0.25, 0.3) is 5.91 Å². The molecule has 7 heteroatoms. The van der Waals surface area contributed by atoms with Crippen LogP contribution in [-0.4, -0.2) is 17.5 Å². The van der Waals surface area contributed by atoms with Gasteiger partial charge in [-0.2, -0.15) is 5.10 Å². The third-order valence-corrected chi connectivity index (χ3v) is 5.97. The molecule has 1 fully saturated rings. The third-order valence-electron chi connectivity index (χ3n) is 5.43. The van der Waals surface area contributed by atoms with Crippen molar-refractivity contribution in [3.63, 3.8) is 0 Å². The molecule has 4 rings (SSSR count). The highest BCUT2D eigenvalue weighted by Crippen LogP contribution is 2.47. The summed E-state index contributed by atoms with van der Waals surface area (Å²) >= 11 is 12.0. The summed E-state index contributed by atoms with van der Waals surface area (Å²) in [5.74, 6) is -0.161. The number of benzene rings is 3. The van der Waals surface area contributed by atoms with Gasteiger partial charge in [-0.25, -0.2) is 5.43 Å². The molecule has 0 spiro atoms. The lowest BCUT2D eigenvalue weighted by Crippen LogP contribution is -2.21. The van der Waals surface area contributed by atoms with E-state index in [1.165, 1.54) is 11.6 Å². The minimum absolute atomic E-state index is 0.0359. The van der Waals surface area contributed by atoms with Crippen LogP contribution in [0.5, 0.6) is 0 Å². The van der Waals surface area contributed by atoms with E-state index in [1.807, 2.05) is 49.4 Å². The second kappa shape index (κ2) is 9.55. The van der Waals surface area contributed by atoms with E-state index >= 15 is 0 Å². The topological polar surface area (TPSA) is 70.6 Å². The number of hydrogen-bond donors (Lipinski definition) is 2. The van der Waals surface area contributed by atoms with Gasteiger partial charge in [-0.05, 0) is 60.7 Å². The monoisotopic (exact) mass is 465 g/mol. The van der Waals surface area contributed by atoms with Crippen molar-refractivity contribution in [1.29, 1.82) is 0 Å². The van der Waals surface area contributed by atoms with Crippen LogP contribution in [0.4, 0.5) is 5.69 Å². The van der Waals surface area contributed by atoms with Gasteiger partial charge in [-0.3, -0.25) is 9.59 Å². The first kappa shape index (κ1) is 22.1. The molecule has 2 N–H and O–H groups in total. The first-order valence-electron chi connectivity index (χ1n) is 10.2. The Morgan fingerprint density at radius 1 is 0.969 bits per heavy atom. The minimum Gasteiger partial charge on any atom is -0.322 e. The second-order valence-electron chi connectivity index (χ2n) is 7.69. The maximum absolute atomic E-state index is 12.4. The molecule has 5 nitrogen and oxygen atoms in total. The predicted molar refractivity (Wildman–Crippen MR) is 129 cm³/mol. The standard InChI is InChI=1S/C25H21Cl2N3O2/c1-15(29-30-25(32)22-14-21(22)17-5-3-2-4-6-17)16-7-10-19(11-8-16)28-24(31)20-12-9-18(26)13-23(20)27/h2-13,21-22H,14H2,1H3,(H,28,31)(H,30,32)/b29-15-. The Balaban J connectivity index is 1.33. The molecule has 162 valence electrons. The Bertz CT molecular complexity index is 1180. The lowest BCUT2D eigenvalue weighted by atomic mass is 10.1. The minimum atomic E-state index is -0.325. The number of halogens is 2. The van der Waals surface area contributed by atoms with E-state index in [0.29, 0.717) is 22.0 Å². The molecule has 0 aliphatic heterocycles. The van der Waals surface area contributed by atoms with E-state index in [4.69, 9.17) is 23.2 Å². The van der Waals surface area contributed by atoms with Crippen LogP contribution in [-0.2, 0) is 4.79 Å². The van der Waals surface area contributed by atoms with Crippen LogP contribution in [0.15, 0.2) is 77.9 Å². The van der Waals surface area contributed by atoms with Crippen molar-refractivity contribution in [2.75, 3.05) is 5.32 Å². The fourth-order valence-corrected chi connectivity index (χ4v) is 4.00. The van der Waals surface area contributed by atoms with Gasteiger partial charge in [0.2, 0.25) is 5.91 Å². The molecule has 32 heavy (non-hydrogen) atoms. The first-order chi connectivity index (χ1) is 15.4. The Labute approximate surface area is 196 Å². The van der Waals surface area contributed by atoms with Crippen LogP contribution in [0.3, 0.4) is 0 Å². The number of carbonyl (C=O) groups is 2. The summed E-state index contributed by atoms with van der Waals surface area (Å²) in [6.07, 6.45) is 0.844. The van der Waals surface area contributed by atoms with Gasteiger partial charge in [0, 0.05) is 16.6 Å². The van der Waals surface area contributed by atoms with Crippen LogP contribution < -0.4 is 10.7 Å². The molecular weight excluding hydrogens is 445 g/mol. The zero-order chi connectivity index (χ0) is 22.7. The van der Waals surface area contributed by atoms with Gasteiger partial charge in [-0.1, -0.05) is 65.7 Å². The SMILES string of the molecule is C/C(=N/NC(=O)C1CC1c1ccccc1)c1ccc(NC(=O)c2ccc(Cl)cc2Cl)cc1. The Morgan fingerprint density at radius 2 is 1.69 bits per heavy atom. The molecule has 1 aliphatic carbocycles.